The lowest BCUT2D eigenvalue weighted by atomic mass is 10.2. The number of aromatic nitrogens is 1. The van der Waals surface area contributed by atoms with Crippen molar-refractivity contribution in [2.75, 3.05) is 25.4 Å². The highest BCUT2D eigenvalue weighted by Gasteiger charge is 2.24. The number of carbonyl (C=O) groups excluding carboxylic acids is 1. The topological polar surface area (TPSA) is 145 Å². The molecule has 0 unspecified atom stereocenters. The number of aliphatic carboxylic acids is 2. The van der Waals surface area contributed by atoms with E-state index in [2.05, 4.69) is 4.98 Å². The normalized spacial score (nSPS) is 14.5. The lowest BCUT2D eigenvalue weighted by Gasteiger charge is -2.27. The molecule has 0 spiro atoms. The number of nitrogens with zero attached hydrogens (tertiary/aromatic N) is 3. The summed E-state index contributed by atoms with van der Waals surface area (Å²) >= 11 is 0. The van der Waals surface area contributed by atoms with Crippen LogP contribution in [0.2, 0.25) is 0 Å². The average molecular weight is 401 g/mol. The van der Waals surface area contributed by atoms with Gasteiger partial charge in [0.15, 0.2) is 0 Å². The zero-order chi connectivity index (χ0) is 20.3. The van der Waals surface area contributed by atoms with Gasteiger partial charge in [0.2, 0.25) is 16.4 Å². The predicted molar refractivity (Wildman–Crippen MR) is 95.2 cm³/mol. The molecular formula is C16H23N3O7S. The smallest absolute Gasteiger partial charge is 0.414 e. The summed E-state index contributed by atoms with van der Waals surface area (Å²) in [5.74, 6) is -3.67. The van der Waals surface area contributed by atoms with E-state index in [9.17, 15) is 13.2 Å². The molecule has 1 amide bonds. The molecule has 10 nitrogen and oxygen atoms in total. The van der Waals surface area contributed by atoms with Gasteiger partial charge in [0.05, 0.1) is 5.75 Å². The molecule has 0 atom stereocenters. The molecule has 1 saturated heterocycles. The molecule has 0 aromatic carbocycles. The third kappa shape index (κ3) is 8.60. The van der Waals surface area contributed by atoms with Crippen LogP contribution in [0.5, 0.6) is 0 Å². The Morgan fingerprint density at radius 3 is 2.15 bits per heavy atom. The molecule has 2 N–H and O–H groups in total. The van der Waals surface area contributed by atoms with Crippen LogP contribution in [0, 0.1) is 0 Å². The van der Waals surface area contributed by atoms with Crippen LogP contribution in [0.4, 0.5) is 0 Å². The second kappa shape index (κ2) is 11.2. The highest BCUT2D eigenvalue weighted by Crippen LogP contribution is 2.13. The summed E-state index contributed by atoms with van der Waals surface area (Å²) in [4.78, 5) is 34.7. The highest BCUT2D eigenvalue weighted by atomic mass is 32.2. The van der Waals surface area contributed by atoms with Crippen molar-refractivity contribution in [1.82, 2.24) is 14.2 Å². The zero-order valence-corrected chi connectivity index (χ0v) is 15.5. The molecule has 1 aliphatic rings. The first kappa shape index (κ1) is 22.5. The summed E-state index contributed by atoms with van der Waals surface area (Å²) in [7, 11) is -3.26. The number of hydrogen-bond donors (Lipinski definition) is 2. The van der Waals surface area contributed by atoms with E-state index in [4.69, 9.17) is 19.8 Å². The molecule has 0 radical (unpaired) electrons. The maximum Gasteiger partial charge on any atom is 0.414 e. The molecule has 1 aromatic heterocycles. The van der Waals surface area contributed by atoms with Crippen LogP contribution in [-0.2, 0) is 31.0 Å². The molecule has 2 heterocycles. The Kier molecular flexibility index (Phi) is 9.37. The van der Waals surface area contributed by atoms with Gasteiger partial charge in [-0.25, -0.2) is 22.3 Å². The van der Waals surface area contributed by atoms with Crippen molar-refractivity contribution >= 4 is 28.4 Å². The Bertz CT molecular complexity index is 707. The van der Waals surface area contributed by atoms with Crippen LogP contribution in [0.3, 0.4) is 0 Å². The molecule has 150 valence electrons. The first-order chi connectivity index (χ1) is 12.8. The SMILES string of the molecule is O=C(O)C(=O)O.O=CN(CCS(=O)(=O)N1CCCCC1)Cc1ccncc1. The minimum absolute atomic E-state index is 0.0170. The lowest BCUT2D eigenvalue weighted by molar-refractivity contribution is -0.159. The fraction of sp³-hybridized carbons (Fsp3) is 0.500. The Hall–Kier alpha value is -2.53. The van der Waals surface area contributed by atoms with Gasteiger partial charge in [-0.1, -0.05) is 6.42 Å². The predicted octanol–water partition coefficient (Wildman–Crippen LogP) is 0.0113. The number of sulfonamides is 1. The van der Waals surface area contributed by atoms with Gasteiger partial charge >= 0.3 is 11.9 Å². The average Bonchev–Trinajstić information content (AvgIpc) is 2.67. The van der Waals surface area contributed by atoms with Crippen LogP contribution in [0.15, 0.2) is 24.5 Å². The van der Waals surface area contributed by atoms with Crippen LogP contribution >= 0.6 is 0 Å². The summed E-state index contributed by atoms with van der Waals surface area (Å²) in [6, 6.07) is 3.63. The molecule has 1 aromatic rings. The van der Waals surface area contributed by atoms with Gasteiger partial charge in [-0.2, -0.15) is 0 Å². The zero-order valence-electron chi connectivity index (χ0n) is 14.7. The number of rotatable bonds is 7. The molecule has 0 saturated carbocycles. The van der Waals surface area contributed by atoms with Crippen LogP contribution in [0.1, 0.15) is 24.8 Å². The van der Waals surface area contributed by atoms with Crippen molar-refractivity contribution < 1.29 is 33.0 Å². The van der Waals surface area contributed by atoms with Gasteiger partial charge in [-0.05, 0) is 30.5 Å². The summed E-state index contributed by atoms with van der Waals surface area (Å²) in [5, 5.41) is 14.8. The monoisotopic (exact) mass is 401 g/mol. The van der Waals surface area contributed by atoms with Gasteiger partial charge in [-0.15, -0.1) is 0 Å². The molecule has 0 bridgehead atoms. The van der Waals surface area contributed by atoms with Gasteiger partial charge in [0.25, 0.3) is 0 Å². The van der Waals surface area contributed by atoms with Gasteiger partial charge in [0, 0.05) is 38.6 Å². The largest absolute Gasteiger partial charge is 0.473 e. The van der Waals surface area contributed by atoms with E-state index in [-0.39, 0.29) is 12.3 Å². The van der Waals surface area contributed by atoms with Crippen molar-refractivity contribution in [3.63, 3.8) is 0 Å². The summed E-state index contributed by atoms with van der Waals surface area (Å²) in [6.45, 7) is 1.83. The Morgan fingerprint density at radius 1 is 1.11 bits per heavy atom. The number of hydrogen-bond acceptors (Lipinski definition) is 6. The van der Waals surface area contributed by atoms with Gasteiger partial charge < -0.3 is 15.1 Å². The molecular weight excluding hydrogens is 378 g/mol. The van der Waals surface area contributed by atoms with Crippen LogP contribution in [-0.4, -0.2) is 76.6 Å². The number of pyridine rings is 1. The molecule has 0 aliphatic carbocycles. The first-order valence-electron chi connectivity index (χ1n) is 8.28. The summed E-state index contributed by atoms with van der Waals surface area (Å²) in [5.41, 5.74) is 0.937. The first-order valence-corrected chi connectivity index (χ1v) is 9.89. The van der Waals surface area contributed by atoms with E-state index in [1.807, 2.05) is 12.1 Å². The maximum absolute atomic E-state index is 12.2. The van der Waals surface area contributed by atoms with E-state index in [0.29, 0.717) is 26.0 Å². The Morgan fingerprint density at radius 2 is 1.67 bits per heavy atom. The van der Waals surface area contributed by atoms with E-state index in [1.165, 1.54) is 4.90 Å². The number of amides is 1. The molecule has 1 aliphatic heterocycles. The van der Waals surface area contributed by atoms with Crippen molar-refractivity contribution in [2.45, 2.75) is 25.8 Å². The number of carbonyl (C=O) groups is 3. The van der Waals surface area contributed by atoms with E-state index in [0.717, 1.165) is 24.8 Å². The van der Waals surface area contributed by atoms with Crippen LogP contribution in [0.25, 0.3) is 0 Å². The maximum atomic E-state index is 12.2. The molecule has 27 heavy (non-hydrogen) atoms. The van der Waals surface area contributed by atoms with E-state index >= 15 is 0 Å². The van der Waals surface area contributed by atoms with Crippen molar-refractivity contribution in [1.29, 1.82) is 0 Å². The fourth-order valence-electron chi connectivity index (χ4n) is 2.40. The van der Waals surface area contributed by atoms with E-state index < -0.39 is 22.0 Å². The van der Waals surface area contributed by atoms with E-state index in [1.54, 1.807) is 16.7 Å². The second-order valence-corrected chi connectivity index (χ2v) is 7.91. The molecule has 1 fully saturated rings. The quantitative estimate of drug-likeness (QED) is 0.480. The minimum Gasteiger partial charge on any atom is -0.473 e. The third-order valence-electron chi connectivity index (χ3n) is 3.81. The number of carboxylic acids is 2. The standard InChI is InChI=1S/C14H21N3O3S.C2H2O4/c18-13-16(12-14-4-6-15-7-5-14)10-11-21(19,20)17-8-2-1-3-9-17;3-1(4)2(5)6/h4-7,13H,1-3,8-12H2;(H,3,4)(H,5,6). The summed E-state index contributed by atoms with van der Waals surface area (Å²) < 4.78 is 26.0. The lowest BCUT2D eigenvalue weighted by Crippen LogP contribution is -2.40. The van der Waals surface area contributed by atoms with Gasteiger partial charge in [0.1, 0.15) is 0 Å². The Balaban J connectivity index is 0.000000527. The Labute approximate surface area is 157 Å². The summed E-state index contributed by atoms with van der Waals surface area (Å²) in [6.07, 6.45) is 6.95. The number of carboxylic acid groups (broad SMARTS) is 2. The minimum atomic E-state index is -3.26. The number of piperidine rings is 1. The van der Waals surface area contributed by atoms with Crippen LogP contribution < -0.4 is 0 Å². The highest BCUT2D eigenvalue weighted by molar-refractivity contribution is 7.89. The second-order valence-electron chi connectivity index (χ2n) is 5.82. The third-order valence-corrected chi connectivity index (χ3v) is 5.66. The fourth-order valence-corrected chi connectivity index (χ4v) is 3.93. The van der Waals surface area contributed by atoms with Gasteiger partial charge in [-0.3, -0.25) is 9.78 Å². The van der Waals surface area contributed by atoms with Crippen molar-refractivity contribution in [3.8, 4) is 0 Å². The molecule has 2 rings (SSSR count). The molecule has 11 heteroatoms. The van der Waals surface area contributed by atoms with Crippen molar-refractivity contribution in [3.05, 3.63) is 30.1 Å². The van der Waals surface area contributed by atoms with Crippen molar-refractivity contribution in [2.24, 2.45) is 0 Å².